The van der Waals surface area contributed by atoms with Crippen molar-refractivity contribution >= 4 is 34.8 Å². The molecule has 0 aliphatic heterocycles. The maximum absolute atomic E-state index is 12.9. The molecule has 0 radical (unpaired) electrons. The van der Waals surface area contributed by atoms with Gasteiger partial charge < -0.3 is 14.8 Å². The third-order valence-corrected chi connectivity index (χ3v) is 4.60. The van der Waals surface area contributed by atoms with Gasteiger partial charge in [0.05, 0.1) is 18.8 Å². The minimum atomic E-state index is -0.400. The van der Waals surface area contributed by atoms with Gasteiger partial charge in [-0.15, -0.1) is 0 Å². The number of ether oxygens (including phenoxy) is 2. The van der Waals surface area contributed by atoms with Gasteiger partial charge in [0.25, 0.3) is 5.91 Å². The Kier molecular flexibility index (Phi) is 7.26. The van der Waals surface area contributed by atoms with Gasteiger partial charge in [0.1, 0.15) is 5.82 Å². The zero-order valence-corrected chi connectivity index (χ0v) is 17.3. The van der Waals surface area contributed by atoms with E-state index in [2.05, 4.69) is 11.4 Å². The minimum Gasteiger partial charge on any atom is -0.493 e. The zero-order valence-electron chi connectivity index (χ0n) is 16.6. The van der Waals surface area contributed by atoms with Crippen molar-refractivity contribution in [2.45, 2.75) is 0 Å². The second kappa shape index (κ2) is 10.3. The zero-order chi connectivity index (χ0) is 22.2. The molecule has 0 aliphatic carbocycles. The highest BCUT2D eigenvalue weighted by atomic mass is 35.5. The summed E-state index contributed by atoms with van der Waals surface area (Å²) < 4.78 is 23.9. The maximum Gasteiger partial charge on any atom is 0.262 e. The second-order valence-electron chi connectivity index (χ2n) is 6.40. The third kappa shape index (κ3) is 5.84. The van der Waals surface area contributed by atoms with Crippen molar-refractivity contribution in [3.8, 4) is 17.6 Å². The van der Waals surface area contributed by atoms with Gasteiger partial charge in [-0.2, -0.15) is 5.26 Å². The molecule has 1 amide bonds. The number of methoxy groups -OCH3 is 1. The van der Waals surface area contributed by atoms with Gasteiger partial charge in [0.15, 0.2) is 18.1 Å². The summed E-state index contributed by atoms with van der Waals surface area (Å²) in [6.45, 7) is -0.258. The topological polar surface area (TPSA) is 71.3 Å². The van der Waals surface area contributed by atoms with Gasteiger partial charge in [-0.3, -0.25) is 4.79 Å². The van der Waals surface area contributed by atoms with Crippen LogP contribution in [0.2, 0.25) is 5.02 Å². The third-order valence-electron chi connectivity index (χ3n) is 4.27. The van der Waals surface area contributed by atoms with Crippen LogP contribution in [0, 0.1) is 17.1 Å². The van der Waals surface area contributed by atoms with Crippen LogP contribution in [0.5, 0.6) is 11.5 Å². The average molecular weight is 437 g/mol. The predicted molar refractivity (Wildman–Crippen MR) is 118 cm³/mol. The van der Waals surface area contributed by atoms with Crippen LogP contribution in [0.1, 0.15) is 11.1 Å². The molecule has 5 nitrogen and oxygen atoms in total. The first kappa shape index (κ1) is 21.9. The van der Waals surface area contributed by atoms with Crippen molar-refractivity contribution in [2.75, 3.05) is 19.0 Å². The monoisotopic (exact) mass is 436 g/mol. The first-order valence-corrected chi connectivity index (χ1v) is 9.61. The highest BCUT2D eigenvalue weighted by Crippen LogP contribution is 2.31. The van der Waals surface area contributed by atoms with Crippen LogP contribution >= 0.6 is 11.6 Å². The summed E-state index contributed by atoms with van der Waals surface area (Å²) in [6, 6.07) is 19.8. The Morgan fingerprint density at radius 2 is 1.87 bits per heavy atom. The Morgan fingerprint density at radius 1 is 1.13 bits per heavy atom. The van der Waals surface area contributed by atoms with E-state index in [1.165, 1.54) is 31.4 Å². The lowest BCUT2D eigenvalue weighted by Gasteiger charge is -2.12. The van der Waals surface area contributed by atoms with Crippen LogP contribution in [0.15, 0.2) is 66.7 Å². The van der Waals surface area contributed by atoms with Gasteiger partial charge >= 0.3 is 0 Å². The Balaban J connectivity index is 1.72. The van der Waals surface area contributed by atoms with Gasteiger partial charge in [-0.1, -0.05) is 35.9 Å². The van der Waals surface area contributed by atoms with Gasteiger partial charge in [-0.05, 0) is 54.1 Å². The van der Waals surface area contributed by atoms with Crippen molar-refractivity contribution in [3.63, 3.8) is 0 Å². The van der Waals surface area contributed by atoms with E-state index < -0.39 is 5.91 Å². The molecule has 0 saturated carbocycles. The van der Waals surface area contributed by atoms with E-state index in [1.54, 1.807) is 48.5 Å². The lowest BCUT2D eigenvalue weighted by Crippen LogP contribution is -2.20. The fraction of sp³-hybridized carbons (Fsp3) is 0.0833. The molecular weight excluding hydrogens is 419 g/mol. The molecule has 7 heteroatoms. The quantitative estimate of drug-likeness (QED) is 0.388. The van der Waals surface area contributed by atoms with Gasteiger partial charge in [0, 0.05) is 16.3 Å². The number of amides is 1. The number of nitriles is 1. The second-order valence-corrected chi connectivity index (χ2v) is 6.81. The van der Waals surface area contributed by atoms with Crippen molar-refractivity contribution in [3.05, 3.63) is 88.7 Å². The molecule has 0 unspecified atom stereocenters. The Labute approximate surface area is 184 Å². The van der Waals surface area contributed by atoms with Crippen LogP contribution in [0.4, 0.5) is 10.1 Å². The highest BCUT2D eigenvalue weighted by molar-refractivity contribution is 6.32. The summed E-state index contributed by atoms with van der Waals surface area (Å²) >= 11 is 6.19. The molecule has 0 fully saturated rings. The van der Waals surface area contributed by atoms with Crippen molar-refractivity contribution in [2.24, 2.45) is 0 Å². The van der Waals surface area contributed by atoms with E-state index in [4.69, 9.17) is 21.1 Å². The maximum atomic E-state index is 12.9. The summed E-state index contributed by atoms with van der Waals surface area (Å²) in [5.74, 6) is -0.0183. The van der Waals surface area contributed by atoms with Crippen LogP contribution in [0.3, 0.4) is 0 Å². The van der Waals surface area contributed by atoms with Crippen molar-refractivity contribution in [1.82, 2.24) is 0 Å². The molecule has 156 valence electrons. The lowest BCUT2D eigenvalue weighted by atomic mass is 10.0. The Hall–Kier alpha value is -3.82. The molecule has 0 bridgehead atoms. The first-order chi connectivity index (χ1) is 15.0. The van der Waals surface area contributed by atoms with Crippen molar-refractivity contribution < 1.29 is 18.7 Å². The number of carbonyl (C=O) groups is 1. The van der Waals surface area contributed by atoms with Crippen LogP contribution in [0.25, 0.3) is 11.6 Å². The number of hydrogen-bond acceptors (Lipinski definition) is 4. The molecule has 3 aromatic rings. The molecule has 1 N–H and O–H groups in total. The smallest absolute Gasteiger partial charge is 0.262 e. The Bertz CT molecular complexity index is 1150. The first-order valence-electron chi connectivity index (χ1n) is 9.23. The molecule has 0 aliphatic rings. The van der Waals surface area contributed by atoms with Gasteiger partial charge in [-0.25, -0.2) is 4.39 Å². The minimum absolute atomic E-state index is 0.258. The average Bonchev–Trinajstić information content (AvgIpc) is 2.78. The molecule has 0 saturated heterocycles. The summed E-state index contributed by atoms with van der Waals surface area (Å²) in [5.41, 5.74) is 2.20. The van der Waals surface area contributed by atoms with Crippen LogP contribution < -0.4 is 14.8 Å². The molecule has 0 spiro atoms. The number of carbonyl (C=O) groups excluding carboxylic acids is 1. The number of benzene rings is 3. The SMILES string of the molecule is COc1cc(C=C(C#N)c2ccccc2Cl)ccc1OCC(=O)Nc1ccc(F)cc1. The number of anilines is 1. The molecule has 31 heavy (non-hydrogen) atoms. The number of hydrogen-bond donors (Lipinski definition) is 1. The normalized spacial score (nSPS) is 10.8. The largest absolute Gasteiger partial charge is 0.493 e. The fourth-order valence-corrected chi connectivity index (χ4v) is 3.02. The number of rotatable bonds is 7. The van der Waals surface area contributed by atoms with Gasteiger partial charge in [0.2, 0.25) is 0 Å². The van der Waals surface area contributed by atoms with E-state index in [0.717, 1.165) is 0 Å². The highest BCUT2D eigenvalue weighted by Gasteiger charge is 2.10. The van der Waals surface area contributed by atoms with Crippen LogP contribution in [-0.4, -0.2) is 19.6 Å². The van der Waals surface area contributed by atoms with E-state index in [1.807, 2.05) is 0 Å². The van der Waals surface area contributed by atoms with Crippen molar-refractivity contribution in [1.29, 1.82) is 5.26 Å². The molecule has 3 aromatic carbocycles. The molecule has 0 heterocycles. The lowest BCUT2D eigenvalue weighted by molar-refractivity contribution is -0.118. The summed E-state index contributed by atoms with van der Waals surface area (Å²) in [5, 5.41) is 12.6. The number of nitrogens with one attached hydrogen (secondary N) is 1. The summed E-state index contributed by atoms with van der Waals surface area (Å²) in [7, 11) is 1.48. The molecule has 3 rings (SSSR count). The summed E-state index contributed by atoms with van der Waals surface area (Å²) in [6.07, 6.45) is 1.69. The van der Waals surface area contributed by atoms with E-state index >= 15 is 0 Å². The van der Waals surface area contributed by atoms with E-state index in [9.17, 15) is 14.4 Å². The molecule has 0 atom stereocenters. The Morgan fingerprint density at radius 3 is 2.55 bits per heavy atom. The number of allylic oxidation sites excluding steroid dienone is 1. The fourth-order valence-electron chi connectivity index (χ4n) is 2.78. The number of nitrogens with zero attached hydrogens (tertiary/aromatic N) is 1. The van der Waals surface area contributed by atoms with E-state index in [0.29, 0.717) is 38.9 Å². The van der Waals surface area contributed by atoms with Crippen LogP contribution in [-0.2, 0) is 4.79 Å². The molecule has 0 aromatic heterocycles. The van der Waals surface area contributed by atoms with E-state index in [-0.39, 0.29) is 12.4 Å². The predicted octanol–water partition coefficient (Wildman–Crippen LogP) is 5.57. The molecular formula is C24H18ClFN2O3. The number of halogens is 2. The summed E-state index contributed by atoms with van der Waals surface area (Å²) in [4.78, 5) is 12.1. The standard InChI is InChI=1S/C24H18ClFN2O3/c1-30-23-13-16(12-17(14-27)20-4-2-3-5-21(20)25)6-11-22(23)31-15-24(29)28-19-9-7-18(26)8-10-19/h2-13H,15H2,1H3,(H,28,29).